The topological polar surface area (TPSA) is 46.3 Å². The minimum Gasteiger partial charge on any atom is -0.343 e. The molecule has 3 nitrogen and oxygen atoms in total. The molecule has 19 heavy (non-hydrogen) atoms. The van der Waals surface area contributed by atoms with Crippen molar-refractivity contribution in [1.82, 2.24) is 4.90 Å². The van der Waals surface area contributed by atoms with Gasteiger partial charge >= 0.3 is 0 Å². The largest absolute Gasteiger partial charge is 0.343 e. The van der Waals surface area contributed by atoms with Crippen LogP contribution in [0.25, 0.3) is 0 Å². The number of nitrogens with two attached hydrogens (primary N) is 1. The molecule has 1 rings (SSSR count). The Labute approximate surface area is 118 Å². The molecule has 0 saturated carbocycles. The monoisotopic (exact) mass is 268 g/mol. The summed E-state index contributed by atoms with van der Waals surface area (Å²) >= 11 is 0. The molecule has 1 heterocycles. The molecule has 1 saturated heterocycles. The van der Waals surface area contributed by atoms with Crippen LogP contribution in [0, 0.1) is 17.3 Å². The molecule has 1 amide bonds. The van der Waals surface area contributed by atoms with Gasteiger partial charge in [-0.3, -0.25) is 4.79 Å². The molecular weight excluding hydrogens is 236 g/mol. The van der Waals surface area contributed by atoms with Crippen molar-refractivity contribution in [1.29, 1.82) is 0 Å². The molecule has 1 atom stereocenters. The van der Waals surface area contributed by atoms with Gasteiger partial charge in [0.2, 0.25) is 5.91 Å². The molecule has 0 aromatic rings. The van der Waals surface area contributed by atoms with Gasteiger partial charge in [-0.2, -0.15) is 0 Å². The van der Waals surface area contributed by atoms with E-state index < -0.39 is 0 Å². The average molecular weight is 268 g/mol. The number of amides is 1. The van der Waals surface area contributed by atoms with Crippen LogP contribution in [-0.4, -0.2) is 30.4 Å². The maximum atomic E-state index is 12.2. The van der Waals surface area contributed by atoms with E-state index in [0.717, 1.165) is 51.2 Å². The van der Waals surface area contributed by atoms with Crippen LogP contribution < -0.4 is 5.73 Å². The van der Waals surface area contributed by atoms with E-state index in [1.165, 1.54) is 0 Å². The van der Waals surface area contributed by atoms with Gasteiger partial charge in [0, 0.05) is 19.5 Å². The van der Waals surface area contributed by atoms with Crippen LogP contribution in [-0.2, 0) is 4.79 Å². The second kappa shape index (κ2) is 7.28. The fourth-order valence-corrected chi connectivity index (χ4v) is 2.95. The van der Waals surface area contributed by atoms with Crippen molar-refractivity contribution >= 4 is 5.91 Å². The lowest BCUT2D eigenvalue weighted by molar-refractivity contribution is -0.133. The van der Waals surface area contributed by atoms with E-state index in [9.17, 15) is 4.79 Å². The van der Waals surface area contributed by atoms with E-state index in [4.69, 9.17) is 5.73 Å². The Hall–Kier alpha value is -0.570. The first-order valence-electron chi connectivity index (χ1n) is 7.82. The summed E-state index contributed by atoms with van der Waals surface area (Å²) in [5, 5.41) is 0. The SMILES string of the molecule is CC(CCN)CCC(=O)N1CCC(C(C)(C)C)CC1. The van der Waals surface area contributed by atoms with Crippen LogP contribution in [0.3, 0.4) is 0 Å². The van der Waals surface area contributed by atoms with E-state index >= 15 is 0 Å². The Kier molecular flexibility index (Phi) is 6.31. The van der Waals surface area contributed by atoms with Crippen molar-refractivity contribution in [2.75, 3.05) is 19.6 Å². The number of carbonyl (C=O) groups is 1. The van der Waals surface area contributed by atoms with Crippen molar-refractivity contribution in [3.05, 3.63) is 0 Å². The lowest BCUT2D eigenvalue weighted by Gasteiger charge is -2.39. The second-order valence-corrected chi connectivity index (χ2v) is 7.24. The summed E-state index contributed by atoms with van der Waals surface area (Å²) in [6.45, 7) is 11.7. The molecular formula is C16H32N2O. The zero-order chi connectivity index (χ0) is 14.5. The predicted molar refractivity (Wildman–Crippen MR) is 80.8 cm³/mol. The third-order valence-corrected chi connectivity index (χ3v) is 4.58. The zero-order valence-corrected chi connectivity index (χ0v) is 13.2. The number of hydrogen-bond acceptors (Lipinski definition) is 2. The number of likely N-dealkylation sites (tertiary alicyclic amines) is 1. The van der Waals surface area contributed by atoms with Gasteiger partial charge in [0.05, 0.1) is 0 Å². The molecule has 2 N–H and O–H groups in total. The molecule has 3 heteroatoms. The van der Waals surface area contributed by atoms with Gasteiger partial charge in [-0.05, 0) is 49.5 Å². The predicted octanol–water partition coefficient (Wildman–Crippen LogP) is 3.04. The third kappa shape index (κ3) is 5.52. The lowest BCUT2D eigenvalue weighted by Crippen LogP contribution is -2.41. The molecule has 0 bridgehead atoms. The highest BCUT2D eigenvalue weighted by atomic mass is 16.2. The summed E-state index contributed by atoms with van der Waals surface area (Å²) in [5.74, 6) is 1.67. The summed E-state index contributed by atoms with van der Waals surface area (Å²) in [7, 11) is 0. The van der Waals surface area contributed by atoms with Gasteiger partial charge in [0.25, 0.3) is 0 Å². The Balaban J connectivity index is 2.29. The number of carbonyl (C=O) groups excluding carboxylic acids is 1. The molecule has 0 aromatic heterocycles. The summed E-state index contributed by atoms with van der Waals surface area (Å²) in [4.78, 5) is 14.2. The number of rotatable bonds is 5. The minimum atomic E-state index is 0.344. The fourth-order valence-electron chi connectivity index (χ4n) is 2.95. The standard InChI is InChI=1S/C16H32N2O/c1-13(7-10-17)5-6-15(19)18-11-8-14(9-12-18)16(2,3)4/h13-14H,5-12,17H2,1-4H3. The van der Waals surface area contributed by atoms with Crippen molar-refractivity contribution in [3.8, 4) is 0 Å². The quantitative estimate of drug-likeness (QED) is 0.833. The molecule has 112 valence electrons. The van der Waals surface area contributed by atoms with Crippen LogP contribution in [0.2, 0.25) is 0 Å². The van der Waals surface area contributed by atoms with Crippen LogP contribution in [0.1, 0.15) is 59.8 Å². The molecule has 0 aliphatic carbocycles. The molecule has 0 aromatic carbocycles. The van der Waals surface area contributed by atoms with Crippen molar-refractivity contribution in [3.63, 3.8) is 0 Å². The van der Waals surface area contributed by atoms with Crippen molar-refractivity contribution in [2.24, 2.45) is 23.0 Å². The smallest absolute Gasteiger partial charge is 0.222 e. The lowest BCUT2D eigenvalue weighted by atomic mass is 9.75. The van der Waals surface area contributed by atoms with Gasteiger partial charge in [0.1, 0.15) is 0 Å². The third-order valence-electron chi connectivity index (χ3n) is 4.58. The second-order valence-electron chi connectivity index (χ2n) is 7.24. The Morgan fingerprint density at radius 3 is 2.32 bits per heavy atom. The van der Waals surface area contributed by atoms with Gasteiger partial charge in [-0.25, -0.2) is 0 Å². The number of nitrogens with zero attached hydrogens (tertiary/aromatic N) is 1. The van der Waals surface area contributed by atoms with Crippen molar-refractivity contribution < 1.29 is 4.79 Å². The summed E-state index contributed by atoms with van der Waals surface area (Å²) in [5.41, 5.74) is 5.92. The van der Waals surface area contributed by atoms with Crippen LogP contribution in [0.5, 0.6) is 0 Å². The molecule has 0 spiro atoms. The zero-order valence-electron chi connectivity index (χ0n) is 13.2. The molecule has 1 unspecified atom stereocenters. The van der Waals surface area contributed by atoms with Gasteiger partial charge in [-0.1, -0.05) is 27.7 Å². The number of hydrogen-bond donors (Lipinski definition) is 1. The van der Waals surface area contributed by atoms with Crippen LogP contribution >= 0.6 is 0 Å². The van der Waals surface area contributed by atoms with E-state index in [1.54, 1.807) is 0 Å². The summed E-state index contributed by atoms with van der Waals surface area (Å²) < 4.78 is 0. The maximum absolute atomic E-state index is 12.2. The van der Waals surface area contributed by atoms with E-state index in [0.29, 0.717) is 23.7 Å². The van der Waals surface area contributed by atoms with Gasteiger partial charge < -0.3 is 10.6 Å². The van der Waals surface area contributed by atoms with Crippen LogP contribution in [0.15, 0.2) is 0 Å². The Bertz CT molecular complexity index is 275. The minimum absolute atomic E-state index is 0.344. The molecule has 1 fully saturated rings. The summed E-state index contributed by atoms with van der Waals surface area (Å²) in [6.07, 6.45) is 5.02. The van der Waals surface area contributed by atoms with E-state index in [-0.39, 0.29) is 0 Å². The first-order chi connectivity index (χ1) is 8.84. The molecule has 0 radical (unpaired) electrons. The van der Waals surface area contributed by atoms with Gasteiger partial charge in [-0.15, -0.1) is 0 Å². The normalized spacial score (nSPS) is 19.5. The highest BCUT2D eigenvalue weighted by Gasteiger charge is 2.30. The van der Waals surface area contributed by atoms with Crippen LogP contribution in [0.4, 0.5) is 0 Å². The highest BCUT2D eigenvalue weighted by molar-refractivity contribution is 5.76. The van der Waals surface area contributed by atoms with Gasteiger partial charge in [0.15, 0.2) is 0 Å². The highest BCUT2D eigenvalue weighted by Crippen LogP contribution is 2.34. The maximum Gasteiger partial charge on any atom is 0.222 e. The van der Waals surface area contributed by atoms with E-state index in [1.807, 2.05) is 0 Å². The molecule has 1 aliphatic heterocycles. The Morgan fingerprint density at radius 2 is 1.84 bits per heavy atom. The van der Waals surface area contributed by atoms with Crippen molar-refractivity contribution in [2.45, 2.75) is 59.8 Å². The summed E-state index contributed by atoms with van der Waals surface area (Å²) in [6, 6.07) is 0. The molecule has 1 aliphatic rings. The number of piperidine rings is 1. The van der Waals surface area contributed by atoms with E-state index in [2.05, 4.69) is 32.6 Å². The first-order valence-corrected chi connectivity index (χ1v) is 7.82. The average Bonchev–Trinajstić information content (AvgIpc) is 2.35. The Morgan fingerprint density at radius 1 is 1.26 bits per heavy atom. The fraction of sp³-hybridized carbons (Fsp3) is 0.938. The first kappa shape index (κ1) is 16.5.